The molecule has 0 spiro atoms. The Morgan fingerprint density at radius 1 is 1.24 bits per heavy atom. The fourth-order valence-corrected chi connectivity index (χ4v) is 4.11. The molecule has 1 heterocycles. The first-order chi connectivity index (χ1) is 14.1. The first-order valence-corrected chi connectivity index (χ1v) is 10.9. The van der Waals surface area contributed by atoms with Crippen molar-refractivity contribution in [2.45, 2.75) is 39.3 Å². The molecule has 0 aromatic heterocycles. The van der Waals surface area contributed by atoms with Gasteiger partial charge in [-0.05, 0) is 71.1 Å². The van der Waals surface area contributed by atoms with Crippen LogP contribution in [0.2, 0.25) is 0 Å². The molecule has 156 valence electrons. The van der Waals surface area contributed by atoms with Crippen LogP contribution in [0.15, 0.2) is 40.9 Å². The lowest BCUT2D eigenvalue weighted by atomic mass is 10.1. The van der Waals surface area contributed by atoms with Crippen LogP contribution in [0, 0.1) is 6.92 Å². The third kappa shape index (κ3) is 5.97. The van der Waals surface area contributed by atoms with Gasteiger partial charge in [0.05, 0.1) is 11.6 Å². The van der Waals surface area contributed by atoms with E-state index >= 15 is 0 Å². The molecule has 0 aliphatic carbocycles. The van der Waals surface area contributed by atoms with Crippen molar-refractivity contribution in [3.05, 3.63) is 57.6 Å². The highest BCUT2D eigenvalue weighted by molar-refractivity contribution is 9.10. The van der Waals surface area contributed by atoms with Gasteiger partial charge in [-0.2, -0.15) is 0 Å². The second-order valence-electron chi connectivity index (χ2n) is 7.34. The van der Waals surface area contributed by atoms with Crippen LogP contribution in [-0.2, 0) is 17.9 Å². The maximum Gasteiger partial charge on any atom is 0.222 e. The van der Waals surface area contributed by atoms with E-state index in [1.54, 1.807) is 7.11 Å². The zero-order valence-corrected chi connectivity index (χ0v) is 18.8. The number of amides is 1. The quantitative estimate of drug-likeness (QED) is 0.532. The minimum Gasteiger partial charge on any atom is -0.493 e. The summed E-state index contributed by atoms with van der Waals surface area (Å²) in [5, 5.41) is 3.45. The molecule has 6 heteroatoms. The number of carbonyl (C=O) groups excluding carboxylic acids is 1. The Kier molecular flexibility index (Phi) is 7.95. The average Bonchev–Trinajstić information content (AvgIpc) is 3.12. The van der Waals surface area contributed by atoms with E-state index in [1.165, 1.54) is 5.56 Å². The second kappa shape index (κ2) is 10.6. The highest BCUT2D eigenvalue weighted by Gasteiger charge is 2.19. The molecule has 1 saturated heterocycles. The fourth-order valence-electron chi connectivity index (χ4n) is 3.51. The zero-order valence-electron chi connectivity index (χ0n) is 17.2. The normalized spacial score (nSPS) is 13.8. The number of hydrogen-bond acceptors (Lipinski definition) is 4. The van der Waals surface area contributed by atoms with Gasteiger partial charge in [-0.25, -0.2) is 0 Å². The number of aryl methyl sites for hydroxylation is 1. The van der Waals surface area contributed by atoms with Crippen LogP contribution in [0.1, 0.15) is 36.0 Å². The molecule has 2 aromatic carbocycles. The maximum atomic E-state index is 11.6. The maximum absolute atomic E-state index is 11.6. The van der Waals surface area contributed by atoms with E-state index in [0.29, 0.717) is 30.4 Å². The third-order valence-electron chi connectivity index (χ3n) is 5.20. The van der Waals surface area contributed by atoms with E-state index in [0.717, 1.165) is 54.6 Å². The van der Waals surface area contributed by atoms with Crippen molar-refractivity contribution >= 4 is 21.8 Å². The molecule has 0 saturated carbocycles. The number of methoxy groups -OCH3 is 1. The van der Waals surface area contributed by atoms with Crippen LogP contribution < -0.4 is 14.8 Å². The molecule has 0 radical (unpaired) electrons. The van der Waals surface area contributed by atoms with E-state index in [9.17, 15) is 4.79 Å². The lowest BCUT2D eigenvalue weighted by molar-refractivity contribution is -0.127. The number of benzene rings is 2. The molecule has 1 aliphatic rings. The summed E-state index contributed by atoms with van der Waals surface area (Å²) in [6.45, 7) is 5.93. The van der Waals surface area contributed by atoms with Gasteiger partial charge in [-0.15, -0.1) is 0 Å². The van der Waals surface area contributed by atoms with E-state index in [4.69, 9.17) is 9.47 Å². The van der Waals surface area contributed by atoms with Crippen molar-refractivity contribution in [2.24, 2.45) is 0 Å². The summed E-state index contributed by atoms with van der Waals surface area (Å²) >= 11 is 3.63. The molecule has 2 aromatic rings. The van der Waals surface area contributed by atoms with Crippen molar-refractivity contribution in [2.75, 3.05) is 26.7 Å². The lowest BCUT2D eigenvalue weighted by Crippen LogP contribution is -2.28. The first kappa shape index (κ1) is 21.7. The Labute approximate surface area is 181 Å². The van der Waals surface area contributed by atoms with Crippen molar-refractivity contribution in [1.29, 1.82) is 0 Å². The Hall–Kier alpha value is -2.05. The number of nitrogens with one attached hydrogen (secondary N) is 1. The fraction of sp³-hybridized carbons (Fsp3) is 0.435. The molecular weight excluding hydrogens is 432 g/mol. The van der Waals surface area contributed by atoms with Crippen LogP contribution in [0.5, 0.6) is 11.5 Å². The minimum absolute atomic E-state index is 0.292. The van der Waals surface area contributed by atoms with Crippen molar-refractivity contribution in [1.82, 2.24) is 10.2 Å². The topological polar surface area (TPSA) is 50.8 Å². The summed E-state index contributed by atoms with van der Waals surface area (Å²) < 4.78 is 12.5. The number of likely N-dealkylation sites (tertiary alicyclic amines) is 1. The molecule has 1 fully saturated rings. The number of ether oxygens (including phenoxy) is 2. The van der Waals surface area contributed by atoms with Gasteiger partial charge >= 0.3 is 0 Å². The van der Waals surface area contributed by atoms with Gasteiger partial charge in [0, 0.05) is 26.1 Å². The molecule has 1 N–H and O–H groups in total. The van der Waals surface area contributed by atoms with Gasteiger partial charge in [0.25, 0.3) is 0 Å². The highest BCUT2D eigenvalue weighted by Crippen LogP contribution is 2.37. The highest BCUT2D eigenvalue weighted by atomic mass is 79.9. The van der Waals surface area contributed by atoms with Gasteiger partial charge in [-0.3, -0.25) is 4.79 Å². The Balaban J connectivity index is 1.52. The number of nitrogens with zero attached hydrogens (tertiary/aromatic N) is 1. The summed E-state index contributed by atoms with van der Waals surface area (Å²) in [6, 6.07) is 12.3. The predicted octanol–water partition coefficient (Wildman–Crippen LogP) is 4.45. The predicted molar refractivity (Wildman–Crippen MR) is 118 cm³/mol. The van der Waals surface area contributed by atoms with Gasteiger partial charge in [0.1, 0.15) is 6.61 Å². The monoisotopic (exact) mass is 460 g/mol. The number of halogens is 1. The van der Waals surface area contributed by atoms with Crippen LogP contribution in [0.4, 0.5) is 0 Å². The zero-order chi connectivity index (χ0) is 20.6. The molecule has 0 bridgehead atoms. The summed E-state index contributed by atoms with van der Waals surface area (Å²) in [5.74, 6) is 1.72. The number of hydrogen-bond donors (Lipinski definition) is 1. The van der Waals surface area contributed by atoms with E-state index < -0.39 is 0 Å². The van der Waals surface area contributed by atoms with E-state index in [2.05, 4.69) is 46.4 Å². The Morgan fingerprint density at radius 2 is 2.07 bits per heavy atom. The SMILES string of the molecule is COc1cc(CNCCCN2CCCC2=O)cc(Br)c1OCc1ccccc1C. The van der Waals surface area contributed by atoms with Gasteiger partial charge in [-0.1, -0.05) is 24.3 Å². The van der Waals surface area contributed by atoms with Crippen LogP contribution in [-0.4, -0.2) is 37.6 Å². The Morgan fingerprint density at radius 3 is 2.79 bits per heavy atom. The third-order valence-corrected chi connectivity index (χ3v) is 5.79. The van der Waals surface area contributed by atoms with E-state index in [-0.39, 0.29) is 0 Å². The largest absolute Gasteiger partial charge is 0.493 e. The molecule has 0 atom stereocenters. The van der Waals surface area contributed by atoms with Gasteiger partial charge in [0.2, 0.25) is 5.91 Å². The molecule has 1 aliphatic heterocycles. The van der Waals surface area contributed by atoms with Gasteiger partial charge in [0.15, 0.2) is 11.5 Å². The minimum atomic E-state index is 0.292. The van der Waals surface area contributed by atoms with Crippen molar-refractivity contribution in [3.8, 4) is 11.5 Å². The lowest BCUT2D eigenvalue weighted by Gasteiger charge is -2.16. The van der Waals surface area contributed by atoms with E-state index in [1.807, 2.05) is 23.1 Å². The average molecular weight is 461 g/mol. The number of rotatable bonds is 10. The standard InChI is InChI=1S/C23H29BrN2O3/c1-17-7-3-4-8-19(17)16-29-23-20(24)13-18(14-21(23)28-2)15-25-10-6-12-26-11-5-9-22(26)27/h3-4,7-8,13-14,25H,5-6,9-12,15-16H2,1-2H3. The van der Waals surface area contributed by atoms with Crippen molar-refractivity contribution in [3.63, 3.8) is 0 Å². The smallest absolute Gasteiger partial charge is 0.222 e. The summed E-state index contributed by atoms with van der Waals surface area (Å²) in [4.78, 5) is 13.6. The summed E-state index contributed by atoms with van der Waals surface area (Å²) in [6.07, 6.45) is 2.67. The summed E-state index contributed by atoms with van der Waals surface area (Å²) in [7, 11) is 1.66. The molecule has 5 nitrogen and oxygen atoms in total. The molecule has 1 amide bonds. The number of carbonyl (C=O) groups is 1. The van der Waals surface area contributed by atoms with Crippen LogP contribution in [0.3, 0.4) is 0 Å². The summed E-state index contributed by atoms with van der Waals surface area (Å²) in [5.41, 5.74) is 3.48. The molecule has 3 rings (SSSR count). The second-order valence-corrected chi connectivity index (χ2v) is 8.19. The first-order valence-electron chi connectivity index (χ1n) is 10.1. The molecule has 0 unspecified atom stereocenters. The van der Waals surface area contributed by atoms with Crippen LogP contribution in [0.25, 0.3) is 0 Å². The molecule has 29 heavy (non-hydrogen) atoms. The van der Waals surface area contributed by atoms with Gasteiger partial charge < -0.3 is 19.7 Å². The Bertz CT molecular complexity index is 841. The van der Waals surface area contributed by atoms with Crippen LogP contribution >= 0.6 is 15.9 Å². The van der Waals surface area contributed by atoms with Crippen molar-refractivity contribution < 1.29 is 14.3 Å². The molecular formula is C23H29BrN2O3.